The second kappa shape index (κ2) is 7.52. The third-order valence-corrected chi connectivity index (χ3v) is 3.81. The zero-order valence-electron chi connectivity index (χ0n) is 11.9. The topological polar surface area (TPSA) is 59.6 Å². The van der Waals surface area contributed by atoms with Crippen molar-refractivity contribution in [2.45, 2.75) is 12.8 Å². The Morgan fingerprint density at radius 3 is 2.67 bits per heavy atom. The Bertz CT molecular complexity index is 490. The van der Waals surface area contributed by atoms with Crippen LogP contribution < -0.4 is 20.1 Å². The van der Waals surface area contributed by atoms with E-state index in [0.29, 0.717) is 36.2 Å². The van der Waals surface area contributed by atoms with E-state index in [1.54, 1.807) is 18.2 Å². The summed E-state index contributed by atoms with van der Waals surface area (Å²) >= 11 is 0. The lowest BCUT2D eigenvalue weighted by atomic mass is 9.98. The molecule has 21 heavy (non-hydrogen) atoms. The van der Waals surface area contributed by atoms with Crippen molar-refractivity contribution in [2.24, 2.45) is 5.92 Å². The molecule has 0 bridgehead atoms. The fourth-order valence-electron chi connectivity index (χ4n) is 2.61. The van der Waals surface area contributed by atoms with Crippen molar-refractivity contribution in [3.05, 3.63) is 23.8 Å². The quantitative estimate of drug-likeness (QED) is 0.890. The molecule has 0 saturated carbocycles. The molecule has 5 nitrogen and oxygen atoms in total. The predicted octanol–water partition coefficient (Wildman–Crippen LogP) is 1.61. The van der Waals surface area contributed by atoms with E-state index in [1.165, 1.54) is 0 Å². The Morgan fingerprint density at radius 2 is 1.90 bits per heavy atom. The van der Waals surface area contributed by atoms with Crippen molar-refractivity contribution in [3.63, 3.8) is 0 Å². The highest BCUT2D eigenvalue weighted by molar-refractivity contribution is 5.94. The van der Waals surface area contributed by atoms with E-state index in [4.69, 9.17) is 9.47 Å². The summed E-state index contributed by atoms with van der Waals surface area (Å²) in [5, 5.41) is 6.34. The lowest BCUT2D eigenvalue weighted by Gasteiger charge is -2.23. The molecule has 1 saturated heterocycles. The molecule has 2 aliphatic heterocycles. The molecule has 3 rings (SSSR count). The second-order valence-corrected chi connectivity index (χ2v) is 5.26. The minimum Gasteiger partial charge on any atom is -0.486 e. The van der Waals surface area contributed by atoms with Gasteiger partial charge < -0.3 is 20.1 Å². The predicted molar refractivity (Wildman–Crippen MR) is 82.6 cm³/mol. The molecular weight excluding hydrogens is 292 g/mol. The first kappa shape index (κ1) is 15.9. The molecule has 0 atom stereocenters. The van der Waals surface area contributed by atoms with Crippen LogP contribution in [0, 0.1) is 5.92 Å². The van der Waals surface area contributed by atoms with Crippen LogP contribution in [0.4, 0.5) is 0 Å². The number of nitrogens with one attached hydrogen (secondary N) is 2. The van der Waals surface area contributed by atoms with Gasteiger partial charge in [0.1, 0.15) is 13.2 Å². The number of carbonyl (C=O) groups excluding carboxylic acids is 1. The van der Waals surface area contributed by atoms with Crippen LogP contribution in [0.5, 0.6) is 11.5 Å². The number of carbonyl (C=O) groups is 1. The van der Waals surface area contributed by atoms with Crippen molar-refractivity contribution < 1.29 is 14.3 Å². The number of piperidine rings is 1. The van der Waals surface area contributed by atoms with Gasteiger partial charge in [-0.25, -0.2) is 0 Å². The molecule has 1 fully saturated rings. The molecule has 0 spiro atoms. The van der Waals surface area contributed by atoms with Crippen LogP contribution in [0.1, 0.15) is 23.2 Å². The third kappa shape index (κ3) is 4.02. The van der Waals surface area contributed by atoms with E-state index in [9.17, 15) is 4.79 Å². The molecule has 0 aliphatic carbocycles. The SMILES string of the molecule is Cl.O=C(NCC1CCNCC1)c1ccc2c(c1)OCCO2. The van der Waals surface area contributed by atoms with Gasteiger partial charge in [-0.15, -0.1) is 12.4 Å². The molecule has 1 aromatic rings. The summed E-state index contributed by atoms with van der Waals surface area (Å²) in [7, 11) is 0. The van der Waals surface area contributed by atoms with Gasteiger partial charge in [0.15, 0.2) is 11.5 Å². The zero-order chi connectivity index (χ0) is 13.8. The van der Waals surface area contributed by atoms with Gasteiger partial charge in [-0.2, -0.15) is 0 Å². The average molecular weight is 313 g/mol. The molecule has 0 radical (unpaired) electrons. The summed E-state index contributed by atoms with van der Waals surface area (Å²) in [4.78, 5) is 12.2. The van der Waals surface area contributed by atoms with Gasteiger partial charge >= 0.3 is 0 Å². The molecule has 0 aromatic heterocycles. The number of amides is 1. The standard InChI is InChI=1S/C15H20N2O3.ClH/c18-15(17-10-11-3-5-16-6-4-11)12-1-2-13-14(9-12)20-8-7-19-13;/h1-2,9,11,16H,3-8,10H2,(H,17,18);1H. The summed E-state index contributed by atoms with van der Waals surface area (Å²) in [6.45, 7) is 3.94. The number of fused-ring (bicyclic) bond motifs is 1. The summed E-state index contributed by atoms with van der Waals surface area (Å²) in [5.41, 5.74) is 0.628. The van der Waals surface area contributed by atoms with E-state index in [2.05, 4.69) is 10.6 Å². The van der Waals surface area contributed by atoms with Crippen LogP contribution in [0.3, 0.4) is 0 Å². The maximum atomic E-state index is 12.2. The molecule has 1 aromatic carbocycles. The lowest BCUT2D eigenvalue weighted by Crippen LogP contribution is -2.36. The first-order valence-corrected chi connectivity index (χ1v) is 7.21. The first-order chi connectivity index (χ1) is 9.83. The van der Waals surface area contributed by atoms with Crippen LogP contribution in [-0.4, -0.2) is 38.8 Å². The van der Waals surface area contributed by atoms with Crippen molar-refractivity contribution >= 4 is 18.3 Å². The van der Waals surface area contributed by atoms with Gasteiger partial charge in [0, 0.05) is 12.1 Å². The third-order valence-electron chi connectivity index (χ3n) is 3.81. The molecule has 0 unspecified atom stereocenters. The maximum absolute atomic E-state index is 12.2. The Balaban J connectivity index is 0.00000161. The molecule has 2 heterocycles. The van der Waals surface area contributed by atoms with Gasteiger partial charge in [0.2, 0.25) is 0 Å². The average Bonchev–Trinajstić information content (AvgIpc) is 2.53. The molecular formula is C15H21ClN2O3. The van der Waals surface area contributed by atoms with Crippen LogP contribution in [0.15, 0.2) is 18.2 Å². The monoisotopic (exact) mass is 312 g/mol. The number of rotatable bonds is 3. The van der Waals surface area contributed by atoms with Crippen molar-refractivity contribution in [1.82, 2.24) is 10.6 Å². The number of ether oxygens (including phenoxy) is 2. The minimum atomic E-state index is -0.0412. The molecule has 2 aliphatic rings. The van der Waals surface area contributed by atoms with Crippen LogP contribution in [0.2, 0.25) is 0 Å². The highest BCUT2D eigenvalue weighted by atomic mass is 35.5. The number of hydrogen-bond acceptors (Lipinski definition) is 4. The fourth-order valence-corrected chi connectivity index (χ4v) is 2.61. The summed E-state index contributed by atoms with van der Waals surface area (Å²) in [6, 6.07) is 5.34. The minimum absolute atomic E-state index is 0. The van der Waals surface area contributed by atoms with Crippen molar-refractivity contribution in [3.8, 4) is 11.5 Å². The van der Waals surface area contributed by atoms with E-state index >= 15 is 0 Å². The Labute approximate surface area is 130 Å². The first-order valence-electron chi connectivity index (χ1n) is 7.21. The molecule has 1 amide bonds. The maximum Gasteiger partial charge on any atom is 0.251 e. The van der Waals surface area contributed by atoms with Crippen LogP contribution >= 0.6 is 12.4 Å². The Morgan fingerprint density at radius 1 is 1.19 bits per heavy atom. The van der Waals surface area contributed by atoms with E-state index in [0.717, 1.165) is 32.5 Å². The summed E-state index contributed by atoms with van der Waals surface area (Å²) < 4.78 is 10.9. The van der Waals surface area contributed by atoms with Gasteiger partial charge in [0.05, 0.1) is 0 Å². The molecule has 116 valence electrons. The zero-order valence-corrected chi connectivity index (χ0v) is 12.7. The van der Waals surface area contributed by atoms with Crippen LogP contribution in [0.25, 0.3) is 0 Å². The van der Waals surface area contributed by atoms with E-state index < -0.39 is 0 Å². The lowest BCUT2D eigenvalue weighted by molar-refractivity contribution is 0.0943. The number of hydrogen-bond donors (Lipinski definition) is 2. The summed E-state index contributed by atoms with van der Waals surface area (Å²) in [6.07, 6.45) is 2.25. The van der Waals surface area contributed by atoms with E-state index in [-0.39, 0.29) is 18.3 Å². The summed E-state index contributed by atoms with van der Waals surface area (Å²) in [5.74, 6) is 1.91. The molecule has 2 N–H and O–H groups in total. The van der Waals surface area contributed by atoms with Crippen LogP contribution in [-0.2, 0) is 0 Å². The normalized spacial score (nSPS) is 17.7. The highest BCUT2D eigenvalue weighted by Crippen LogP contribution is 2.30. The largest absolute Gasteiger partial charge is 0.486 e. The fraction of sp³-hybridized carbons (Fsp3) is 0.533. The number of halogens is 1. The Hall–Kier alpha value is -1.46. The van der Waals surface area contributed by atoms with Gasteiger partial charge in [-0.05, 0) is 50.0 Å². The van der Waals surface area contributed by atoms with E-state index in [1.807, 2.05) is 0 Å². The second-order valence-electron chi connectivity index (χ2n) is 5.26. The number of benzene rings is 1. The van der Waals surface area contributed by atoms with Gasteiger partial charge in [-0.3, -0.25) is 4.79 Å². The van der Waals surface area contributed by atoms with Crippen molar-refractivity contribution in [2.75, 3.05) is 32.8 Å². The smallest absolute Gasteiger partial charge is 0.251 e. The molecule has 6 heteroatoms. The highest BCUT2D eigenvalue weighted by Gasteiger charge is 2.17. The van der Waals surface area contributed by atoms with Gasteiger partial charge in [-0.1, -0.05) is 0 Å². The Kier molecular flexibility index (Phi) is 5.70. The van der Waals surface area contributed by atoms with Gasteiger partial charge in [0.25, 0.3) is 5.91 Å². The van der Waals surface area contributed by atoms with Crippen molar-refractivity contribution in [1.29, 1.82) is 0 Å².